The van der Waals surface area contributed by atoms with Crippen LogP contribution in [0.1, 0.15) is 25.3 Å². The predicted molar refractivity (Wildman–Crippen MR) is 46.2 cm³/mol. The summed E-state index contributed by atoms with van der Waals surface area (Å²) in [6.07, 6.45) is 5.13. The summed E-state index contributed by atoms with van der Waals surface area (Å²) in [5, 5.41) is 12.4. The lowest BCUT2D eigenvalue weighted by atomic mass is 9.97. The van der Waals surface area contributed by atoms with Gasteiger partial charge in [-0.05, 0) is 12.8 Å². The Morgan fingerprint density at radius 2 is 2.54 bits per heavy atom. The molecule has 4 heteroatoms. The molecular formula is C9H13NO3. The maximum Gasteiger partial charge on any atom is 0.306 e. The second kappa shape index (κ2) is 4.64. The Morgan fingerprint density at radius 3 is 3.00 bits per heavy atom. The lowest BCUT2D eigenvalue weighted by molar-refractivity contribution is -0.141. The van der Waals surface area contributed by atoms with Crippen LogP contribution in [-0.4, -0.2) is 16.2 Å². The number of rotatable bonds is 5. The van der Waals surface area contributed by atoms with Crippen LogP contribution in [0.3, 0.4) is 0 Å². The summed E-state index contributed by atoms with van der Waals surface area (Å²) in [4.78, 5) is 10.8. The van der Waals surface area contributed by atoms with Crippen LogP contribution in [0.25, 0.3) is 0 Å². The summed E-state index contributed by atoms with van der Waals surface area (Å²) < 4.78 is 4.63. The van der Waals surface area contributed by atoms with E-state index in [1.165, 1.54) is 6.26 Å². The average molecular weight is 183 g/mol. The molecule has 0 amide bonds. The van der Waals surface area contributed by atoms with Gasteiger partial charge in [0.05, 0.1) is 12.1 Å². The van der Waals surface area contributed by atoms with E-state index >= 15 is 0 Å². The standard InChI is InChI=1S/C9H13NO3/c1-2-3-8(9(11)12)4-7-5-10-13-6-7/h5-6,8H,2-4H2,1H3,(H,11,12). The number of carboxylic acids is 1. The van der Waals surface area contributed by atoms with Crippen LogP contribution in [-0.2, 0) is 11.2 Å². The van der Waals surface area contributed by atoms with Gasteiger partial charge in [-0.1, -0.05) is 18.5 Å². The van der Waals surface area contributed by atoms with Gasteiger partial charge in [-0.2, -0.15) is 0 Å². The highest BCUT2D eigenvalue weighted by atomic mass is 16.5. The fraction of sp³-hybridized carbons (Fsp3) is 0.556. The highest BCUT2D eigenvalue weighted by Gasteiger charge is 2.17. The summed E-state index contributed by atoms with van der Waals surface area (Å²) in [5.74, 6) is -1.06. The molecule has 0 aliphatic heterocycles. The molecule has 0 radical (unpaired) electrons. The summed E-state index contributed by atoms with van der Waals surface area (Å²) in [7, 11) is 0. The molecule has 1 N–H and O–H groups in total. The Balaban J connectivity index is 2.52. The first-order chi connectivity index (χ1) is 6.24. The van der Waals surface area contributed by atoms with Crippen LogP contribution < -0.4 is 0 Å². The molecule has 1 unspecified atom stereocenters. The summed E-state index contributed by atoms with van der Waals surface area (Å²) in [6, 6.07) is 0. The van der Waals surface area contributed by atoms with Gasteiger partial charge in [0, 0.05) is 5.56 Å². The Labute approximate surface area is 76.5 Å². The van der Waals surface area contributed by atoms with Crippen LogP contribution >= 0.6 is 0 Å². The Hall–Kier alpha value is -1.32. The topological polar surface area (TPSA) is 63.3 Å². The maximum absolute atomic E-state index is 10.8. The molecule has 0 fully saturated rings. The van der Waals surface area contributed by atoms with E-state index in [1.54, 1.807) is 6.20 Å². The second-order valence-electron chi connectivity index (χ2n) is 3.06. The lowest BCUT2D eigenvalue weighted by Crippen LogP contribution is -2.15. The molecule has 1 aromatic heterocycles. The number of carboxylic acid groups (broad SMARTS) is 1. The van der Waals surface area contributed by atoms with E-state index in [1.807, 2.05) is 6.92 Å². The zero-order valence-electron chi connectivity index (χ0n) is 7.56. The van der Waals surface area contributed by atoms with Gasteiger partial charge in [-0.15, -0.1) is 0 Å². The van der Waals surface area contributed by atoms with Gasteiger partial charge in [0.15, 0.2) is 0 Å². The molecule has 72 valence electrons. The minimum absolute atomic E-state index is 0.315. The van der Waals surface area contributed by atoms with Gasteiger partial charge >= 0.3 is 5.97 Å². The van der Waals surface area contributed by atoms with Crippen molar-refractivity contribution in [1.29, 1.82) is 0 Å². The first kappa shape index (κ1) is 9.77. The predicted octanol–water partition coefficient (Wildman–Crippen LogP) is 1.72. The molecule has 0 saturated heterocycles. The third kappa shape index (κ3) is 2.89. The first-order valence-electron chi connectivity index (χ1n) is 4.35. The molecule has 1 heterocycles. The first-order valence-corrected chi connectivity index (χ1v) is 4.35. The molecular weight excluding hydrogens is 170 g/mol. The Kier molecular flexibility index (Phi) is 3.49. The van der Waals surface area contributed by atoms with Crippen molar-refractivity contribution in [2.75, 3.05) is 0 Å². The molecule has 0 aliphatic carbocycles. The average Bonchev–Trinajstić information content (AvgIpc) is 2.56. The normalized spacial score (nSPS) is 12.7. The highest BCUT2D eigenvalue weighted by Crippen LogP contribution is 2.13. The molecule has 1 aromatic rings. The molecule has 0 aliphatic rings. The minimum atomic E-state index is -0.747. The fourth-order valence-electron chi connectivity index (χ4n) is 1.27. The third-order valence-electron chi connectivity index (χ3n) is 1.95. The van der Waals surface area contributed by atoms with Crippen molar-refractivity contribution >= 4 is 5.97 Å². The van der Waals surface area contributed by atoms with Gasteiger partial charge in [-0.25, -0.2) is 0 Å². The van der Waals surface area contributed by atoms with Gasteiger partial charge in [0.2, 0.25) is 0 Å². The number of carbonyl (C=O) groups is 1. The molecule has 1 atom stereocenters. The number of hydrogen-bond acceptors (Lipinski definition) is 3. The van der Waals surface area contributed by atoms with Crippen molar-refractivity contribution < 1.29 is 14.4 Å². The third-order valence-corrected chi connectivity index (χ3v) is 1.95. The van der Waals surface area contributed by atoms with Crippen LogP contribution in [0.15, 0.2) is 17.0 Å². The molecule has 0 bridgehead atoms. The summed E-state index contributed by atoms with van der Waals surface area (Å²) in [6.45, 7) is 1.98. The van der Waals surface area contributed by atoms with Crippen LogP contribution in [0.2, 0.25) is 0 Å². The van der Waals surface area contributed by atoms with E-state index in [9.17, 15) is 4.79 Å². The number of aliphatic carboxylic acids is 1. The molecule has 4 nitrogen and oxygen atoms in total. The minimum Gasteiger partial charge on any atom is -0.481 e. The van der Waals surface area contributed by atoms with Crippen molar-refractivity contribution in [2.45, 2.75) is 26.2 Å². The van der Waals surface area contributed by atoms with Gasteiger partial charge in [-0.3, -0.25) is 4.79 Å². The van der Waals surface area contributed by atoms with E-state index in [4.69, 9.17) is 5.11 Å². The largest absolute Gasteiger partial charge is 0.481 e. The quantitative estimate of drug-likeness (QED) is 0.754. The number of hydrogen-bond donors (Lipinski definition) is 1. The lowest BCUT2D eigenvalue weighted by Gasteiger charge is -2.08. The fourth-order valence-corrected chi connectivity index (χ4v) is 1.27. The van der Waals surface area contributed by atoms with Gasteiger partial charge < -0.3 is 9.63 Å². The molecule has 0 saturated carbocycles. The monoisotopic (exact) mass is 183 g/mol. The van der Waals surface area contributed by atoms with Crippen LogP contribution in [0.5, 0.6) is 0 Å². The molecule has 1 rings (SSSR count). The molecule has 13 heavy (non-hydrogen) atoms. The molecule has 0 spiro atoms. The maximum atomic E-state index is 10.8. The number of nitrogens with zero attached hydrogens (tertiary/aromatic N) is 1. The van der Waals surface area contributed by atoms with E-state index in [-0.39, 0.29) is 5.92 Å². The van der Waals surface area contributed by atoms with Crippen molar-refractivity contribution in [3.63, 3.8) is 0 Å². The van der Waals surface area contributed by atoms with Gasteiger partial charge in [0.1, 0.15) is 6.26 Å². The Morgan fingerprint density at radius 1 is 1.77 bits per heavy atom. The van der Waals surface area contributed by atoms with E-state index in [0.717, 1.165) is 12.0 Å². The smallest absolute Gasteiger partial charge is 0.306 e. The summed E-state index contributed by atoms with van der Waals surface area (Å²) in [5.41, 5.74) is 0.848. The van der Waals surface area contributed by atoms with Crippen LogP contribution in [0.4, 0.5) is 0 Å². The van der Waals surface area contributed by atoms with Crippen molar-refractivity contribution in [1.82, 2.24) is 5.16 Å². The van der Waals surface area contributed by atoms with Crippen molar-refractivity contribution in [3.8, 4) is 0 Å². The Bertz CT molecular complexity index is 256. The summed E-state index contributed by atoms with van der Waals surface area (Å²) >= 11 is 0. The SMILES string of the molecule is CCCC(Cc1cnoc1)C(=O)O. The zero-order chi connectivity index (χ0) is 9.68. The molecule has 0 aromatic carbocycles. The number of aromatic nitrogens is 1. The van der Waals surface area contributed by atoms with E-state index < -0.39 is 5.97 Å². The van der Waals surface area contributed by atoms with Crippen molar-refractivity contribution in [3.05, 3.63) is 18.0 Å². The second-order valence-corrected chi connectivity index (χ2v) is 3.06. The van der Waals surface area contributed by atoms with E-state index in [0.29, 0.717) is 12.8 Å². The van der Waals surface area contributed by atoms with Crippen molar-refractivity contribution in [2.24, 2.45) is 5.92 Å². The zero-order valence-corrected chi connectivity index (χ0v) is 7.56. The van der Waals surface area contributed by atoms with E-state index in [2.05, 4.69) is 9.68 Å². The van der Waals surface area contributed by atoms with Gasteiger partial charge in [0.25, 0.3) is 0 Å². The van der Waals surface area contributed by atoms with Crippen LogP contribution in [0, 0.1) is 5.92 Å². The highest BCUT2D eigenvalue weighted by molar-refractivity contribution is 5.70.